The summed E-state index contributed by atoms with van der Waals surface area (Å²) < 4.78 is 7.57. The fraction of sp³-hybridized carbons (Fsp3) is 0.522. The number of methoxy groups -OCH3 is 1. The maximum absolute atomic E-state index is 13.7. The van der Waals surface area contributed by atoms with E-state index in [9.17, 15) is 24.3 Å². The van der Waals surface area contributed by atoms with Gasteiger partial charge in [0.05, 0.1) is 30.0 Å². The number of imide groups is 1. The van der Waals surface area contributed by atoms with Crippen molar-refractivity contribution in [1.29, 1.82) is 0 Å². The Kier molecular flexibility index (Phi) is 12.2. The maximum Gasteiger partial charge on any atom is 0.328 e. The van der Waals surface area contributed by atoms with E-state index in [0.717, 1.165) is 114 Å². The van der Waals surface area contributed by atoms with Crippen LogP contribution in [0.3, 0.4) is 0 Å². The standard InChI is InChI=1S/C46H59N9O6/c1-31-7-5-8-36(47-31)42(57)48-38-27-33-30-55(50-37(33)29-35(38)45(2,3)60)34-11-20-51(21-12-34)18-6-19-52-23-14-46(15-24-52)16-25-53(26-17-46)43(58)32-9-10-40(61-4)39(28-32)54-22-13-41(56)49-44(54)59/h5,7-10,27-30,34,60H,6,11-26H2,1-4H3,(H,48,57)(H,49,56,59). The highest BCUT2D eigenvalue weighted by atomic mass is 16.5. The van der Waals surface area contributed by atoms with E-state index in [-0.39, 0.29) is 42.1 Å². The molecular weight excluding hydrogens is 775 g/mol. The van der Waals surface area contributed by atoms with E-state index in [1.165, 1.54) is 12.0 Å². The molecule has 3 N–H and O–H groups in total. The molecule has 0 saturated carbocycles. The molecule has 4 aliphatic rings. The zero-order chi connectivity index (χ0) is 42.9. The second-order valence-corrected chi connectivity index (χ2v) is 17.9. The van der Waals surface area contributed by atoms with Crippen LogP contribution in [0.5, 0.6) is 5.75 Å². The van der Waals surface area contributed by atoms with E-state index in [4.69, 9.17) is 9.84 Å². The Morgan fingerprint density at radius 2 is 1.64 bits per heavy atom. The number of benzene rings is 2. The molecule has 2 aromatic carbocycles. The average Bonchev–Trinajstić information content (AvgIpc) is 3.67. The van der Waals surface area contributed by atoms with Gasteiger partial charge in [-0.2, -0.15) is 5.10 Å². The van der Waals surface area contributed by atoms with Crippen LogP contribution in [0.2, 0.25) is 0 Å². The first-order valence-corrected chi connectivity index (χ1v) is 21.8. The number of hydrogen-bond acceptors (Lipinski definition) is 10. The molecule has 0 atom stereocenters. The molecule has 61 heavy (non-hydrogen) atoms. The van der Waals surface area contributed by atoms with Gasteiger partial charge in [0, 0.05) is 73.2 Å². The highest BCUT2D eigenvalue weighted by molar-refractivity contribution is 6.07. The molecule has 4 aromatic rings. The monoisotopic (exact) mass is 833 g/mol. The largest absolute Gasteiger partial charge is 0.495 e. The van der Waals surface area contributed by atoms with Crippen LogP contribution in [0.1, 0.15) is 103 Å². The van der Waals surface area contributed by atoms with Gasteiger partial charge in [-0.15, -0.1) is 0 Å². The van der Waals surface area contributed by atoms with E-state index in [2.05, 4.69) is 36.3 Å². The third-order valence-corrected chi connectivity index (χ3v) is 13.4. The van der Waals surface area contributed by atoms with Gasteiger partial charge < -0.3 is 29.9 Å². The summed E-state index contributed by atoms with van der Waals surface area (Å²) in [5, 5.41) is 22.2. The number of carbonyl (C=O) groups is 4. The fourth-order valence-electron chi connectivity index (χ4n) is 9.61. The van der Waals surface area contributed by atoms with E-state index < -0.39 is 11.6 Å². The lowest BCUT2D eigenvalue weighted by molar-refractivity contribution is -0.120. The average molecular weight is 834 g/mol. The van der Waals surface area contributed by atoms with Gasteiger partial charge in [-0.05, 0) is 140 Å². The summed E-state index contributed by atoms with van der Waals surface area (Å²) in [4.78, 5) is 64.0. The molecule has 6 heterocycles. The predicted octanol–water partition coefficient (Wildman–Crippen LogP) is 5.72. The van der Waals surface area contributed by atoms with Gasteiger partial charge in [0.2, 0.25) is 5.91 Å². The molecule has 4 fully saturated rings. The van der Waals surface area contributed by atoms with E-state index in [1.54, 1.807) is 38.1 Å². The number of nitrogens with zero attached hydrogens (tertiary/aromatic N) is 7. The first-order valence-electron chi connectivity index (χ1n) is 21.8. The summed E-state index contributed by atoms with van der Waals surface area (Å²) >= 11 is 0. The van der Waals surface area contributed by atoms with E-state index >= 15 is 0 Å². The lowest BCUT2D eigenvalue weighted by Gasteiger charge is -2.47. The highest BCUT2D eigenvalue weighted by Gasteiger charge is 2.39. The minimum Gasteiger partial charge on any atom is -0.495 e. The first-order chi connectivity index (χ1) is 29.3. The van der Waals surface area contributed by atoms with Crippen LogP contribution in [0.4, 0.5) is 16.2 Å². The van der Waals surface area contributed by atoms with Gasteiger partial charge in [-0.3, -0.25) is 29.3 Å². The number of fused-ring (bicyclic) bond motifs is 1. The number of ether oxygens (including phenoxy) is 1. The first kappa shape index (κ1) is 42.3. The van der Waals surface area contributed by atoms with Crippen LogP contribution in [0.15, 0.2) is 54.7 Å². The zero-order valence-electron chi connectivity index (χ0n) is 35.9. The Labute approximate surface area is 357 Å². The number of urea groups is 1. The SMILES string of the molecule is COc1ccc(C(=O)N2CCC3(CCN(CCCN4CCC(n5cc6cc(NC(=O)c7cccc(C)n7)c(C(C)(C)O)cc6n5)CC4)CC3)CC2)cc1N1CCC(=O)NC1=O. The number of rotatable bonds is 11. The number of aromatic nitrogens is 3. The fourth-order valence-corrected chi connectivity index (χ4v) is 9.61. The second kappa shape index (κ2) is 17.5. The van der Waals surface area contributed by atoms with Crippen molar-refractivity contribution in [2.45, 2.75) is 83.8 Å². The number of amides is 5. The summed E-state index contributed by atoms with van der Waals surface area (Å²) in [6, 6.07) is 14.1. The topological polar surface area (TPSA) is 165 Å². The maximum atomic E-state index is 13.7. The second-order valence-electron chi connectivity index (χ2n) is 17.9. The van der Waals surface area contributed by atoms with Gasteiger partial charge >= 0.3 is 6.03 Å². The van der Waals surface area contributed by atoms with Crippen LogP contribution in [0, 0.1) is 12.3 Å². The van der Waals surface area contributed by atoms with Gasteiger partial charge in [0.1, 0.15) is 11.4 Å². The van der Waals surface area contributed by atoms with Crippen molar-refractivity contribution in [3.63, 3.8) is 0 Å². The summed E-state index contributed by atoms with van der Waals surface area (Å²) in [5.74, 6) is -0.187. The van der Waals surface area contributed by atoms with Crippen molar-refractivity contribution < 1.29 is 29.0 Å². The molecule has 0 unspecified atom stereocenters. The number of anilines is 2. The normalized spacial score (nSPS) is 19.4. The zero-order valence-corrected chi connectivity index (χ0v) is 35.9. The molecule has 4 saturated heterocycles. The Bertz CT molecular complexity index is 2280. The Morgan fingerprint density at radius 3 is 2.31 bits per heavy atom. The van der Waals surface area contributed by atoms with Crippen LogP contribution in [-0.2, 0) is 10.4 Å². The molecule has 324 valence electrons. The lowest BCUT2D eigenvalue weighted by Crippen LogP contribution is -2.50. The Balaban J connectivity index is 0.780. The van der Waals surface area contributed by atoms with Crippen molar-refractivity contribution >= 4 is 46.0 Å². The Morgan fingerprint density at radius 1 is 0.934 bits per heavy atom. The summed E-state index contributed by atoms with van der Waals surface area (Å²) in [6.07, 6.45) is 9.72. The molecule has 2 aromatic heterocycles. The minimum atomic E-state index is -1.19. The third kappa shape index (κ3) is 9.43. The third-order valence-electron chi connectivity index (χ3n) is 13.4. The molecule has 1 spiro atoms. The highest BCUT2D eigenvalue weighted by Crippen LogP contribution is 2.42. The summed E-state index contributed by atoms with van der Waals surface area (Å²) in [7, 11) is 1.53. The number of piperidine rings is 3. The number of likely N-dealkylation sites (tertiary alicyclic amines) is 3. The quantitative estimate of drug-likeness (QED) is 0.170. The van der Waals surface area contributed by atoms with Crippen LogP contribution in [0.25, 0.3) is 10.9 Å². The number of aliphatic hydroxyl groups is 1. The van der Waals surface area contributed by atoms with Crippen LogP contribution in [-0.4, -0.2) is 124 Å². The molecule has 15 nitrogen and oxygen atoms in total. The van der Waals surface area contributed by atoms with Crippen molar-refractivity contribution in [2.24, 2.45) is 5.41 Å². The van der Waals surface area contributed by atoms with Crippen molar-refractivity contribution in [2.75, 3.05) is 76.2 Å². The van der Waals surface area contributed by atoms with E-state index in [1.807, 2.05) is 36.1 Å². The predicted molar refractivity (Wildman–Crippen MR) is 233 cm³/mol. The van der Waals surface area contributed by atoms with Gasteiger partial charge in [-0.1, -0.05) is 6.07 Å². The summed E-state index contributed by atoms with van der Waals surface area (Å²) in [5.41, 5.74) is 3.14. The number of nitrogens with one attached hydrogen (secondary N) is 2. The number of pyridine rings is 1. The molecular formula is C46H59N9O6. The van der Waals surface area contributed by atoms with E-state index in [0.29, 0.717) is 33.9 Å². The van der Waals surface area contributed by atoms with Crippen molar-refractivity contribution in [1.82, 2.24) is 34.8 Å². The molecule has 15 heteroatoms. The molecule has 8 rings (SSSR count). The lowest BCUT2D eigenvalue weighted by atomic mass is 9.71. The smallest absolute Gasteiger partial charge is 0.328 e. The van der Waals surface area contributed by atoms with Crippen LogP contribution < -0.4 is 20.3 Å². The van der Waals surface area contributed by atoms with Crippen molar-refractivity contribution in [3.05, 3.63) is 77.2 Å². The van der Waals surface area contributed by atoms with Gasteiger partial charge in [-0.25, -0.2) is 9.78 Å². The van der Waals surface area contributed by atoms with Crippen LogP contribution >= 0.6 is 0 Å². The summed E-state index contributed by atoms with van der Waals surface area (Å²) in [6.45, 7) is 13.3. The molecule has 0 bridgehead atoms. The Hall–Kier alpha value is -5.38. The molecule has 0 aliphatic carbocycles. The van der Waals surface area contributed by atoms with Crippen molar-refractivity contribution in [3.8, 4) is 5.75 Å². The minimum absolute atomic E-state index is 0.0410. The number of hydrogen-bond donors (Lipinski definition) is 3. The van der Waals surface area contributed by atoms with Gasteiger partial charge in [0.25, 0.3) is 11.8 Å². The number of carbonyl (C=O) groups excluding carboxylic acids is 4. The number of aryl methyl sites for hydroxylation is 1. The van der Waals surface area contributed by atoms with Gasteiger partial charge in [0.15, 0.2) is 0 Å². The molecule has 0 radical (unpaired) electrons. The molecule has 5 amide bonds. The molecule has 4 aliphatic heterocycles.